The number of benzene rings is 2. The third kappa shape index (κ3) is 1.56. The molecular weight excluding hydrogens is 252 g/mol. The predicted molar refractivity (Wildman–Crippen MR) is 70.1 cm³/mol. The first-order valence-corrected chi connectivity index (χ1v) is 5.77. The largest absolute Gasteiger partial charge is 0.465 e. The normalized spacial score (nSPS) is 11.0. The highest BCUT2D eigenvalue weighted by atomic mass is 35.5. The Bertz CT molecular complexity index is 758. The molecule has 3 aromatic rings. The predicted octanol–water partition coefficient (Wildman–Crippen LogP) is 4.03. The van der Waals surface area contributed by atoms with Crippen molar-refractivity contribution < 1.29 is 13.9 Å². The van der Waals surface area contributed by atoms with Crippen LogP contribution in [0.2, 0.25) is 5.02 Å². The van der Waals surface area contributed by atoms with Crippen LogP contribution in [-0.2, 0) is 4.74 Å². The molecule has 0 N–H and O–H groups in total. The Morgan fingerprint density at radius 3 is 2.83 bits per heavy atom. The van der Waals surface area contributed by atoms with E-state index < -0.39 is 0 Å². The van der Waals surface area contributed by atoms with Crippen LogP contribution in [0.4, 0.5) is 0 Å². The lowest BCUT2D eigenvalue weighted by molar-refractivity contribution is 0.0603. The molecule has 4 heteroatoms. The Labute approximate surface area is 108 Å². The van der Waals surface area contributed by atoms with Gasteiger partial charge in [0.1, 0.15) is 11.2 Å². The fourth-order valence-corrected chi connectivity index (χ4v) is 2.24. The Morgan fingerprint density at radius 2 is 2.06 bits per heavy atom. The number of esters is 1. The van der Waals surface area contributed by atoms with Crippen LogP contribution < -0.4 is 0 Å². The highest BCUT2D eigenvalue weighted by Crippen LogP contribution is 2.33. The number of methoxy groups -OCH3 is 1. The molecule has 0 saturated heterocycles. The number of hydrogen-bond acceptors (Lipinski definition) is 3. The van der Waals surface area contributed by atoms with Crippen molar-refractivity contribution in [1.82, 2.24) is 0 Å². The second-order valence-electron chi connectivity index (χ2n) is 3.91. The Balaban J connectivity index is 2.45. The zero-order valence-electron chi connectivity index (χ0n) is 9.57. The smallest absolute Gasteiger partial charge is 0.338 e. The van der Waals surface area contributed by atoms with Crippen molar-refractivity contribution in [3.05, 3.63) is 47.0 Å². The summed E-state index contributed by atoms with van der Waals surface area (Å²) < 4.78 is 10.5. The fourth-order valence-electron chi connectivity index (χ4n) is 2.08. The third-order valence-corrected chi connectivity index (χ3v) is 3.10. The zero-order valence-corrected chi connectivity index (χ0v) is 10.3. The van der Waals surface area contributed by atoms with E-state index in [0.29, 0.717) is 21.8 Å². The van der Waals surface area contributed by atoms with Crippen LogP contribution in [0, 0.1) is 0 Å². The van der Waals surface area contributed by atoms with Crippen LogP contribution in [0.1, 0.15) is 10.4 Å². The highest BCUT2D eigenvalue weighted by Gasteiger charge is 2.16. The fraction of sp³-hybridized carbons (Fsp3) is 0.0714. The van der Waals surface area contributed by atoms with Crippen molar-refractivity contribution >= 4 is 39.5 Å². The molecule has 0 amide bonds. The van der Waals surface area contributed by atoms with Crippen molar-refractivity contribution in [1.29, 1.82) is 0 Å². The number of carbonyl (C=O) groups is 1. The van der Waals surface area contributed by atoms with Crippen LogP contribution in [0.3, 0.4) is 0 Å². The summed E-state index contributed by atoms with van der Waals surface area (Å²) in [5.74, 6) is -0.377. The molecule has 0 aliphatic carbocycles. The van der Waals surface area contributed by atoms with E-state index in [0.717, 1.165) is 10.8 Å². The summed E-state index contributed by atoms with van der Waals surface area (Å²) in [4.78, 5) is 11.7. The lowest BCUT2D eigenvalue weighted by Gasteiger charge is -2.00. The molecule has 3 rings (SSSR count). The highest BCUT2D eigenvalue weighted by molar-refractivity contribution is 6.31. The van der Waals surface area contributed by atoms with Crippen molar-refractivity contribution in [2.24, 2.45) is 0 Å². The molecule has 0 unspecified atom stereocenters. The maximum absolute atomic E-state index is 11.7. The van der Waals surface area contributed by atoms with Crippen molar-refractivity contribution in [3.63, 3.8) is 0 Å². The average Bonchev–Trinajstić information content (AvgIpc) is 2.74. The molecule has 3 nitrogen and oxygen atoms in total. The van der Waals surface area contributed by atoms with Crippen LogP contribution in [0.5, 0.6) is 0 Å². The SMILES string of the molecule is COC(=O)c1cccc2oc3cc(Cl)ccc3c12. The van der Waals surface area contributed by atoms with Gasteiger partial charge >= 0.3 is 5.97 Å². The van der Waals surface area contributed by atoms with Crippen LogP contribution in [-0.4, -0.2) is 13.1 Å². The molecule has 1 heterocycles. The third-order valence-electron chi connectivity index (χ3n) is 2.86. The minimum atomic E-state index is -0.377. The zero-order chi connectivity index (χ0) is 12.7. The molecule has 0 atom stereocenters. The lowest BCUT2D eigenvalue weighted by atomic mass is 10.1. The summed E-state index contributed by atoms with van der Waals surface area (Å²) >= 11 is 5.92. The maximum atomic E-state index is 11.7. The van der Waals surface area contributed by atoms with Crippen LogP contribution >= 0.6 is 11.6 Å². The molecule has 0 saturated carbocycles. The Morgan fingerprint density at radius 1 is 1.22 bits per heavy atom. The monoisotopic (exact) mass is 260 g/mol. The number of furan rings is 1. The maximum Gasteiger partial charge on any atom is 0.338 e. The quantitative estimate of drug-likeness (QED) is 0.620. The summed E-state index contributed by atoms with van der Waals surface area (Å²) in [5, 5.41) is 2.22. The lowest BCUT2D eigenvalue weighted by Crippen LogP contribution is -2.01. The van der Waals surface area contributed by atoms with Crippen LogP contribution in [0.25, 0.3) is 21.9 Å². The molecule has 90 valence electrons. The molecule has 0 spiro atoms. The van der Waals surface area contributed by atoms with E-state index in [4.69, 9.17) is 20.8 Å². The summed E-state index contributed by atoms with van der Waals surface area (Å²) in [5.41, 5.74) is 1.81. The molecule has 0 bridgehead atoms. The van der Waals surface area contributed by atoms with Gasteiger partial charge in [0.25, 0.3) is 0 Å². The number of hydrogen-bond donors (Lipinski definition) is 0. The van der Waals surface area contributed by atoms with Gasteiger partial charge in [0.05, 0.1) is 12.7 Å². The summed E-state index contributed by atoms with van der Waals surface area (Å²) in [6.07, 6.45) is 0. The summed E-state index contributed by atoms with van der Waals surface area (Å²) in [6, 6.07) is 10.6. The standard InChI is InChI=1S/C14H9ClO3/c1-17-14(16)10-3-2-4-11-13(10)9-6-5-8(15)7-12(9)18-11/h2-7H,1H3. The van der Waals surface area contributed by atoms with Crippen LogP contribution in [0.15, 0.2) is 40.8 Å². The number of fused-ring (bicyclic) bond motifs is 3. The van der Waals surface area contributed by atoms with Gasteiger partial charge in [0, 0.05) is 21.9 Å². The van der Waals surface area contributed by atoms with Gasteiger partial charge in [-0.15, -0.1) is 0 Å². The Hall–Kier alpha value is -2.00. The second-order valence-corrected chi connectivity index (χ2v) is 4.35. The molecule has 2 aromatic carbocycles. The van der Waals surface area contributed by atoms with E-state index in [-0.39, 0.29) is 5.97 Å². The number of rotatable bonds is 1. The van der Waals surface area contributed by atoms with E-state index in [1.807, 2.05) is 12.1 Å². The molecule has 0 fully saturated rings. The summed E-state index contributed by atoms with van der Waals surface area (Å²) in [6.45, 7) is 0. The van der Waals surface area contributed by atoms with E-state index in [1.54, 1.807) is 24.3 Å². The molecule has 18 heavy (non-hydrogen) atoms. The van der Waals surface area contributed by atoms with E-state index in [2.05, 4.69) is 0 Å². The molecule has 0 aliphatic heterocycles. The number of carbonyl (C=O) groups excluding carboxylic acids is 1. The van der Waals surface area contributed by atoms with Gasteiger partial charge in [-0.1, -0.05) is 17.7 Å². The Kier molecular flexibility index (Phi) is 2.49. The van der Waals surface area contributed by atoms with Gasteiger partial charge in [-0.3, -0.25) is 0 Å². The van der Waals surface area contributed by atoms with Gasteiger partial charge in [0.2, 0.25) is 0 Å². The van der Waals surface area contributed by atoms with Gasteiger partial charge in [-0.2, -0.15) is 0 Å². The minimum Gasteiger partial charge on any atom is -0.465 e. The number of halogens is 1. The van der Waals surface area contributed by atoms with Gasteiger partial charge in [0.15, 0.2) is 0 Å². The topological polar surface area (TPSA) is 39.4 Å². The van der Waals surface area contributed by atoms with E-state index in [1.165, 1.54) is 7.11 Å². The van der Waals surface area contributed by atoms with Gasteiger partial charge in [-0.05, 0) is 24.3 Å². The van der Waals surface area contributed by atoms with Crippen molar-refractivity contribution in [2.75, 3.05) is 7.11 Å². The van der Waals surface area contributed by atoms with Gasteiger partial charge < -0.3 is 9.15 Å². The van der Waals surface area contributed by atoms with E-state index >= 15 is 0 Å². The van der Waals surface area contributed by atoms with Crippen molar-refractivity contribution in [2.45, 2.75) is 0 Å². The first kappa shape index (κ1) is 11.1. The molecule has 0 aliphatic rings. The average molecular weight is 261 g/mol. The number of ether oxygens (including phenoxy) is 1. The van der Waals surface area contributed by atoms with Crippen molar-refractivity contribution in [3.8, 4) is 0 Å². The van der Waals surface area contributed by atoms with E-state index in [9.17, 15) is 4.79 Å². The summed E-state index contributed by atoms with van der Waals surface area (Å²) in [7, 11) is 1.36. The molecular formula is C14H9ClO3. The first-order chi connectivity index (χ1) is 8.70. The first-order valence-electron chi connectivity index (χ1n) is 5.40. The molecule has 0 radical (unpaired) electrons. The molecule has 1 aromatic heterocycles. The minimum absolute atomic E-state index is 0.377. The van der Waals surface area contributed by atoms with Gasteiger partial charge in [-0.25, -0.2) is 4.79 Å². The second kappa shape index (κ2) is 4.03.